The normalized spacial score (nSPS) is 11.8. The van der Waals surface area contributed by atoms with E-state index < -0.39 is 11.7 Å². The fourth-order valence-corrected chi connectivity index (χ4v) is 3.08. The second kappa shape index (κ2) is 6.01. The van der Waals surface area contributed by atoms with Crippen LogP contribution in [-0.2, 0) is 11.9 Å². The fourth-order valence-electron chi connectivity index (χ4n) is 2.20. The minimum absolute atomic E-state index is 0.237. The highest BCUT2D eigenvalue weighted by molar-refractivity contribution is 7.98. The van der Waals surface area contributed by atoms with Crippen LogP contribution >= 0.6 is 11.8 Å². The Balaban J connectivity index is 1.82. The molecule has 5 heteroatoms. The summed E-state index contributed by atoms with van der Waals surface area (Å²) in [5, 5.41) is 1.73. The van der Waals surface area contributed by atoms with Crippen LogP contribution in [0.25, 0.3) is 10.9 Å². The summed E-state index contributed by atoms with van der Waals surface area (Å²) in [5.41, 5.74) is 0.537. The molecule has 0 bridgehead atoms. The van der Waals surface area contributed by atoms with Gasteiger partial charge in [-0.2, -0.15) is 13.2 Å². The van der Waals surface area contributed by atoms with Crippen molar-refractivity contribution in [3.05, 3.63) is 71.8 Å². The van der Waals surface area contributed by atoms with Gasteiger partial charge in [0.25, 0.3) is 0 Å². The van der Waals surface area contributed by atoms with E-state index in [2.05, 4.69) is 4.98 Å². The molecular formula is C17H12F3NS. The summed E-state index contributed by atoms with van der Waals surface area (Å²) in [6.07, 6.45) is -4.33. The summed E-state index contributed by atoms with van der Waals surface area (Å²) in [6.45, 7) is 0. The minimum Gasteiger partial charge on any atom is -0.241 e. The molecule has 0 aliphatic heterocycles. The van der Waals surface area contributed by atoms with E-state index in [0.717, 1.165) is 22.0 Å². The molecule has 0 amide bonds. The van der Waals surface area contributed by atoms with Gasteiger partial charge >= 0.3 is 6.18 Å². The van der Waals surface area contributed by atoms with Crippen LogP contribution in [0.1, 0.15) is 11.1 Å². The van der Waals surface area contributed by atoms with Gasteiger partial charge in [-0.15, -0.1) is 11.8 Å². The molecular weight excluding hydrogens is 307 g/mol. The van der Waals surface area contributed by atoms with Crippen LogP contribution in [0.3, 0.4) is 0 Å². The van der Waals surface area contributed by atoms with Crippen LogP contribution < -0.4 is 0 Å². The molecule has 1 heterocycles. The third kappa shape index (κ3) is 3.25. The van der Waals surface area contributed by atoms with Gasteiger partial charge < -0.3 is 0 Å². The number of benzene rings is 2. The third-order valence-electron chi connectivity index (χ3n) is 3.27. The highest BCUT2D eigenvalue weighted by Gasteiger charge is 2.32. The molecule has 0 saturated heterocycles. The lowest BCUT2D eigenvalue weighted by molar-refractivity contribution is -0.138. The smallest absolute Gasteiger partial charge is 0.241 e. The number of para-hydroxylation sites is 1. The van der Waals surface area contributed by atoms with Gasteiger partial charge in [0.05, 0.1) is 16.1 Å². The Morgan fingerprint density at radius 2 is 1.59 bits per heavy atom. The van der Waals surface area contributed by atoms with Crippen LogP contribution in [0.5, 0.6) is 0 Å². The Hall–Kier alpha value is -2.01. The third-order valence-corrected chi connectivity index (χ3v) is 4.25. The maximum atomic E-state index is 13.0. The first kappa shape index (κ1) is 14.9. The van der Waals surface area contributed by atoms with Gasteiger partial charge in [0.1, 0.15) is 0 Å². The average Bonchev–Trinajstić information content (AvgIpc) is 2.52. The van der Waals surface area contributed by atoms with Gasteiger partial charge in [0.2, 0.25) is 0 Å². The molecule has 0 atom stereocenters. The quantitative estimate of drug-likeness (QED) is 0.587. The number of thioether (sulfide) groups is 1. The Morgan fingerprint density at radius 3 is 2.41 bits per heavy atom. The van der Waals surface area contributed by atoms with Crippen molar-refractivity contribution >= 4 is 22.7 Å². The van der Waals surface area contributed by atoms with E-state index >= 15 is 0 Å². The van der Waals surface area contributed by atoms with E-state index in [1.807, 2.05) is 36.4 Å². The van der Waals surface area contributed by atoms with E-state index in [-0.39, 0.29) is 11.3 Å². The number of fused-ring (bicyclic) bond motifs is 1. The van der Waals surface area contributed by atoms with E-state index in [9.17, 15) is 13.2 Å². The van der Waals surface area contributed by atoms with Crippen molar-refractivity contribution in [1.82, 2.24) is 4.98 Å². The van der Waals surface area contributed by atoms with Crippen molar-refractivity contribution in [3.8, 4) is 0 Å². The van der Waals surface area contributed by atoms with Crippen molar-refractivity contribution in [1.29, 1.82) is 0 Å². The van der Waals surface area contributed by atoms with Crippen molar-refractivity contribution in [2.75, 3.05) is 0 Å². The molecule has 0 N–H and O–H groups in total. The summed E-state index contributed by atoms with van der Waals surface area (Å²) >= 11 is 1.31. The van der Waals surface area contributed by atoms with E-state index in [4.69, 9.17) is 0 Å². The van der Waals surface area contributed by atoms with Crippen LogP contribution in [0.2, 0.25) is 0 Å². The highest BCUT2D eigenvalue weighted by atomic mass is 32.2. The highest BCUT2D eigenvalue weighted by Crippen LogP contribution is 2.34. The van der Waals surface area contributed by atoms with Crippen LogP contribution in [0, 0.1) is 0 Å². The van der Waals surface area contributed by atoms with Crippen LogP contribution in [0.15, 0.2) is 65.7 Å². The molecule has 0 saturated carbocycles. The molecule has 1 nitrogen and oxygen atoms in total. The number of alkyl halides is 3. The average molecular weight is 319 g/mol. The second-order valence-corrected chi connectivity index (χ2v) is 5.78. The SMILES string of the molecule is FC(F)(F)c1ccccc1CSc1ccc2ccccc2n1. The van der Waals surface area contributed by atoms with Crippen molar-refractivity contribution in [2.24, 2.45) is 0 Å². The van der Waals surface area contributed by atoms with Crippen molar-refractivity contribution < 1.29 is 13.2 Å². The first-order chi connectivity index (χ1) is 10.5. The van der Waals surface area contributed by atoms with Gasteiger partial charge in [-0.1, -0.05) is 42.5 Å². The van der Waals surface area contributed by atoms with Crippen molar-refractivity contribution in [3.63, 3.8) is 0 Å². The Morgan fingerprint density at radius 1 is 0.864 bits per heavy atom. The van der Waals surface area contributed by atoms with Gasteiger partial charge in [-0.05, 0) is 23.8 Å². The zero-order valence-corrected chi connectivity index (χ0v) is 12.3. The molecule has 0 unspecified atom stereocenters. The first-order valence-electron chi connectivity index (χ1n) is 6.68. The Labute approximate surface area is 130 Å². The number of hydrogen-bond acceptors (Lipinski definition) is 2. The summed E-state index contributed by atoms with van der Waals surface area (Å²) in [4.78, 5) is 4.46. The lowest BCUT2D eigenvalue weighted by Crippen LogP contribution is -2.08. The Bertz CT molecular complexity index is 799. The molecule has 0 radical (unpaired) electrons. The lowest BCUT2D eigenvalue weighted by Gasteiger charge is -2.12. The summed E-state index contributed by atoms with van der Waals surface area (Å²) in [5.74, 6) is 0.237. The van der Waals surface area contributed by atoms with Gasteiger partial charge in [0.15, 0.2) is 0 Å². The maximum absolute atomic E-state index is 13.0. The minimum atomic E-state index is -4.33. The number of hydrogen-bond donors (Lipinski definition) is 0. The molecule has 2 aromatic carbocycles. The number of nitrogens with zero attached hydrogens (tertiary/aromatic N) is 1. The second-order valence-electron chi connectivity index (χ2n) is 4.79. The number of aromatic nitrogens is 1. The maximum Gasteiger partial charge on any atom is 0.416 e. The summed E-state index contributed by atoms with van der Waals surface area (Å²) in [6, 6.07) is 17.1. The molecule has 22 heavy (non-hydrogen) atoms. The van der Waals surface area contributed by atoms with Gasteiger partial charge in [-0.3, -0.25) is 0 Å². The first-order valence-corrected chi connectivity index (χ1v) is 7.66. The zero-order valence-electron chi connectivity index (χ0n) is 11.5. The molecule has 1 aromatic heterocycles. The van der Waals surface area contributed by atoms with Crippen molar-refractivity contribution in [2.45, 2.75) is 17.0 Å². The van der Waals surface area contributed by atoms with E-state index in [1.54, 1.807) is 6.07 Å². The predicted octanol–water partition coefficient (Wildman–Crippen LogP) is 5.55. The zero-order chi connectivity index (χ0) is 15.6. The van der Waals surface area contributed by atoms with E-state index in [1.165, 1.54) is 23.9 Å². The van der Waals surface area contributed by atoms with Crippen LogP contribution in [0.4, 0.5) is 13.2 Å². The summed E-state index contributed by atoms with van der Waals surface area (Å²) < 4.78 is 38.9. The predicted molar refractivity (Wildman–Crippen MR) is 82.7 cm³/mol. The lowest BCUT2D eigenvalue weighted by atomic mass is 10.1. The number of halogens is 3. The van der Waals surface area contributed by atoms with Crippen LogP contribution in [-0.4, -0.2) is 4.98 Å². The molecule has 0 aliphatic rings. The van der Waals surface area contributed by atoms with Gasteiger partial charge in [-0.25, -0.2) is 4.98 Å². The molecule has 0 spiro atoms. The largest absolute Gasteiger partial charge is 0.416 e. The molecule has 112 valence electrons. The molecule has 0 fully saturated rings. The molecule has 0 aliphatic carbocycles. The Kier molecular flexibility index (Phi) is 4.07. The molecule has 3 rings (SSSR count). The monoisotopic (exact) mass is 319 g/mol. The number of rotatable bonds is 3. The summed E-state index contributed by atoms with van der Waals surface area (Å²) in [7, 11) is 0. The molecule has 3 aromatic rings. The van der Waals surface area contributed by atoms with E-state index in [0.29, 0.717) is 0 Å². The number of pyridine rings is 1. The fraction of sp³-hybridized carbons (Fsp3) is 0.118. The topological polar surface area (TPSA) is 12.9 Å². The standard InChI is InChI=1S/C17H12F3NS/c18-17(19,20)14-7-3-1-6-13(14)11-22-16-10-9-12-5-2-4-8-15(12)21-16/h1-10H,11H2. The van der Waals surface area contributed by atoms with Gasteiger partial charge in [0, 0.05) is 11.1 Å².